The number of methoxy groups -OCH3 is 2. The van der Waals surface area contributed by atoms with Gasteiger partial charge in [0.2, 0.25) is 0 Å². The van der Waals surface area contributed by atoms with Crippen molar-refractivity contribution in [2.45, 2.75) is 45.3 Å². The zero-order chi connectivity index (χ0) is 22.3. The molecular formula is C24H29NO6. The molecular weight excluding hydrogens is 398 g/mol. The Morgan fingerprint density at radius 3 is 2.55 bits per heavy atom. The van der Waals surface area contributed by atoms with Crippen molar-refractivity contribution in [1.82, 2.24) is 4.57 Å². The van der Waals surface area contributed by atoms with Crippen LogP contribution >= 0.6 is 0 Å². The highest BCUT2D eigenvalue weighted by atomic mass is 16.5. The summed E-state index contributed by atoms with van der Waals surface area (Å²) in [4.78, 5) is 24.0. The molecule has 1 saturated carbocycles. The lowest BCUT2D eigenvalue weighted by molar-refractivity contribution is -0.0144. The maximum absolute atomic E-state index is 12.4. The largest absolute Gasteiger partial charge is 0.493 e. The second kappa shape index (κ2) is 8.38. The van der Waals surface area contributed by atoms with Crippen molar-refractivity contribution in [3.8, 4) is 22.8 Å². The minimum absolute atomic E-state index is 0.0385. The van der Waals surface area contributed by atoms with Gasteiger partial charge in [-0.15, -0.1) is 0 Å². The van der Waals surface area contributed by atoms with Gasteiger partial charge in [0.1, 0.15) is 5.56 Å². The number of rotatable bonds is 7. The number of fused-ring (bicyclic) bond motifs is 3. The first-order chi connectivity index (χ1) is 14.8. The monoisotopic (exact) mass is 427 g/mol. The number of benzene rings is 1. The third-order valence-electron chi connectivity index (χ3n) is 6.53. The van der Waals surface area contributed by atoms with Gasteiger partial charge in [0.25, 0.3) is 0 Å². The number of carboxylic acid groups (broad SMARTS) is 1. The highest BCUT2D eigenvalue weighted by Crippen LogP contribution is 2.43. The van der Waals surface area contributed by atoms with Crippen LogP contribution in [0.1, 0.15) is 48.7 Å². The fourth-order valence-electron chi connectivity index (χ4n) is 4.57. The Labute approximate surface area is 181 Å². The van der Waals surface area contributed by atoms with Crippen molar-refractivity contribution in [2.75, 3.05) is 20.8 Å². The lowest BCUT2D eigenvalue weighted by Gasteiger charge is -2.35. The number of carboxylic acids is 1. The van der Waals surface area contributed by atoms with Gasteiger partial charge in [-0.2, -0.15) is 0 Å². The van der Waals surface area contributed by atoms with E-state index in [9.17, 15) is 14.7 Å². The summed E-state index contributed by atoms with van der Waals surface area (Å²) in [6.07, 6.45) is 4.53. The minimum atomic E-state index is -1.21. The Kier molecular flexibility index (Phi) is 5.79. The summed E-state index contributed by atoms with van der Waals surface area (Å²) < 4.78 is 19.0. The number of nitrogens with zero attached hydrogens (tertiary/aromatic N) is 1. The van der Waals surface area contributed by atoms with Gasteiger partial charge >= 0.3 is 5.97 Å². The molecule has 0 bridgehead atoms. The molecule has 7 nitrogen and oxygen atoms in total. The van der Waals surface area contributed by atoms with Crippen LogP contribution in [0.5, 0.6) is 11.5 Å². The summed E-state index contributed by atoms with van der Waals surface area (Å²) in [7, 11) is 3.33. The fraction of sp³-hybridized carbons (Fsp3) is 0.500. The Balaban J connectivity index is 1.72. The van der Waals surface area contributed by atoms with Crippen molar-refractivity contribution in [3.05, 3.63) is 45.7 Å². The van der Waals surface area contributed by atoms with Crippen LogP contribution in [0.3, 0.4) is 0 Å². The van der Waals surface area contributed by atoms with Crippen molar-refractivity contribution in [2.24, 2.45) is 11.8 Å². The summed E-state index contributed by atoms with van der Waals surface area (Å²) in [5.41, 5.74) is 1.95. The molecule has 1 aliphatic heterocycles. The highest BCUT2D eigenvalue weighted by Gasteiger charge is 2.31. The van der Waals surface area contributed by atoms with Gasteiger partial charge in [0, 0.05) is 31.0 Å². The van der Waals surface area contributed by atoms with Crippen LogP contribution in [-0.2, 0) is 11.2 Å². The zero-order valence-electron chi connectivity index (χ0n) is 18.4. The maximum Gasteiger partial charge on any atom is 0.341 e. The molecule has 0 saturated heterocycles. The molecule has 0 spiro atoms. The summed E-state index contributed by atoms with van der Waals surface area (Å²) >= 11 is 0. The third kappa shape index (κ3) is 3.94. The summed E-state index contributed by atoms with van der Waals surface area (Å²) in [6.45, 7) is 4.81. The standard InChI is InChI=1S/C24H29NO6/c1-13(2)19-7-15-8-23(31-12-14-5-16(6-14)29-3)22(30-4)9-17(15)20-10-21(26)18(24(27)28)11-25(19)20/h8-11,13-14,16,19H,5-7,12H2,1-4H3,(H,27,28). The van der Waals surface area contributed by atoms with E-state index in [0.29, 0.717) is 35.8 Å². The number of hydrogen-bond donors (Lipinski definition) is 1. The van der Waals surface area contributed by atoms with E-state index in [1.54, 1.807) is 14.2 Å². The van der Waals surface area contributed by atoms with Crippen LogP contribution in [0.4, 0.5) is 0 Å². The maximum atomic E-state index is 12.4. The van der Waals surface area contributed by atoms with Crippen molar-refractivity contribution >= 4 is 5.97 Å². The minimum Gasteiger partial charge on any atom is -0.493 e. The van der Waals surface area contributed by atoms with Gasteiger partial charge in [-0.3, -0.25) is 4.79 Å². The molecule has 2 aromatic rings. The smallest absolute Gasteiger partial charge is 0.341 e. The van der Waals surface area contributed by atoms with E-state index in [2.05, 4.69) is 13.8 Å². The SMILES string of the molecule is COc1cc2c(cc1OCC1CC(OC)C1)CC(C(C)C)n1cc(C(=O)O)c(=O)cc1-2. The average molecular weight is 427 g/mol. The number of ether oxygens (including phenoxy) is 3. The molecule has 1 unspecified atom stereocenters. The van der Waals surface area contributed by atoms with Gasteiger partial charge in [0.15, 0.2) is 16.9 Å². The molecule has 1 atom stereocenters. The normalized spacial score (nSPS) is 21.8. The molecule has 2 aliphatic rings. The lowest BCUT2D eigenvalue weighted by Crippen LogP contribution is -2.34. The molecule has 4 rings (SSSR count). The number of carbonyl (C=O) groups is 1. The van der Waals surface area contributed by atoms with Crippen LogP contribution in [0, 0.1) is 11.8 Å². The lowest BCUT2D eigenvalue weighted by atomic mass is 9.83. The van der Waals surface area contributed by atoms with E-state index >= 15 is 0 Å². The Hall–Kier alpha value is -2.80. The summed E-state index contributed by atoms with van der Waals surface area (Å²) in [5.74, 6) is 0.821. The second-order valence-corrected chi connectivity index (χ2v) is 8.83. The molecule has 1 aromatic heterocycles. The Bertz CT molecular complexity index is 1050. The molecule has 166 valence electrons. The first-order valence-corrected chi connectivity index (χ1v) is 10.7. The van der Waals surface area contributed by atoms with Gasteiger partial charge < -0.3 is 23.9 Å². The van der Waals surface area contributed by atoms with E-state index in [1.165, 1.54) is 12.3 Å². The quantitative estimate of drug-likeness (QED) is 0.724. The second-order valence-electron chi connectivity index (χ2n) is 8.83. The third-order valence-corrected chi connectivity index (χ3v) is 6.53. The number of aromatic nitrogens is 1. The van der Waals surface area contributed by atoms with E-state index in [-0.39, 0.29) is 17.5 Å². The molecule has 7 heteroatoms. The summed E-state index contributed by atoms with van der Waals surface area (Å²) in [5, 5.41) is 9.41. The Morgan fingerprint density at radius 1 is 1.19 bits per heavy atom. The van der Waals surface area contributed by atoms with Gasteiger partial charge in [-0.25, -0.2) is 4.79 Å². The molecule has 1 N–H and O–H groups in total. The van der Waals surface area contributed by atoms with Crippen molar-refractivity contribution in [3.63, 3.8) is 0 Å². The van der Waals surface area contributed by atoms with Crippen LogP contribution in [0.25, 0.3) is 11.3 Å². The van der Waals surface area contributed by atoms with E-state index in [0.717, 1.165) is 30.4 Å². The molecule has 1 aromatic carbocycles. The van der Waals surface area contributed by atoms with Gasteiger partial charge in [0.05, 0.1) is 25.5 Å². The number of aromatic carboxylic acids is 1. The number of hydrogen-bond acceptors (Lipinski definition) is 5. The van der Waals surface area contributed by atoms with Crippen LogP contribution in [0.15, 0.2) is 29.2 Å². The van der Waals surface area contributed by atoms with Gasteiger partial charge in [-0.1, -0.05) is 13.8 Å². The predicted molar refractivity (Wildman–Crippen MR) is 116 cm³/mol. The Morgan fingerprint density at radius 2 is 1.94 bits per heavy atom. The zero-order valence-corrected chi connectivity index (χ0v) is 18.4. The fourth-order valence-corrected chi connectivity index (χ4v) is 4.57. The molecule has 1 fully saturated rings. The highest BCUT2D eigenvalue weighted by molar-refractivity contribution is 5.88. The average Bonchev–Trinajstić information content (AvgIpc) is 2.70. The van der Waals surface area contributed by atoms with E-state index < -0.39 is 11.4 Å². The van der Waals surface area contributed by atoms with E-state index in [4.69, 9.17) is 14.2 Å². The van der Waals surface area contributed by atoms with Crippen LogP contribution in [0.2, 0.25) is 0 Å². The van der Waals surface area contributed by atoms with E-state index in [1.807, 2.05) is 16.7 Å². The first kappa shape index (κ1) is 21.4. The van der Waals surface area contributed by atoms with Crippen LogP contribution in [-0.4, -0.2) is 42.6 Å². The first-order valence-electron chi connectivity index (χ1n) is 10.7. The molecule has 2 heterocycles. The summed E-state index contributed by atoms with van der Waals surface area (Å²) in [6, 6.07) is 5.37. The van der Waals surface area contributed by atoms with Crippen molar-refractivity contribution in [1.29, 1.82) is 0 Å². The van der Waals surface area contributed by atoms with Crippen LogP contribution < -0.4 is 14.9 Å². The van der Waals surface area contributed by atoms with Gasteiger partial charge in [-0.05, 0) is 48.8 Å². The molecule has 0 radical (unpaired) electrons. The number of pyridine rings is 1. The van der Waals surface area contributed by atoms with Crippen molar-refractivity contribution < 1.29 is 24.1 Å². The molecule has 0 amide bonds. The molecule has 1 aliphatic carbocycles. The predicted octanol–water partition coefficient (Wildman–Crippen LogP) is 3.78. The molecule has 31 heavy (non-hydrogen) atoms. The topological polar surface area (TPSA) is 87.0 Å².